The summed E-state index contributed by atoms with van der Waals surface area (Å²) < 4.78 is 12.2. The molecule has 1 unspecified atom stereocenters. The molecule has 0 fully saturated rings. The van der Waals surface area contributed by atoms with Gasteiger partial charge in [0.1, 0.15) is 6.73 Å². The Morgan fingerprint density at radius 1 is 1.29 bits per heavy atom. The van der Waals surface area contributed by atoms with Crippen molar-refractivity contribution in [2.75, 3.05) is 19.2 Å². The van der Waals surface area contributed by atoms with E-state index in [-0.39, 0.29) is 35.8 Å². The van der Waals surface area contributed by atoms with Gasteiger partial charge in [-0.3, -0.25) is 14.5 Å². The highest BCUT2D eigenvalue weighted by Gasteiger charge is 2.42. The first-order valence-electron chi connectivity index (χ1n) is 11.0. The Morgan fingerprint density at radius 2 is 2.06 bits per heavy atom. The number of carbonyl (C=O) groups is 3. The van der Waals surface area contributed by atoms with E-state index < -0.39 is 23.7 Å². The van der Waals surface area contributed by atoms with Crippen LogP contribution in [0.3, 0.4) is 0 Å². The number of carbonyl (C=O) groups excluding carboxylic acids is 2. The summed E-state index contributed by atoms with van der Waals surface area (Å²) in [5.74, 6) is -2.00. The fourth-order valence-electron chi connectivity index (χ4n) is 3.73. The number of anilines is 1. The van der Waals surface area contributed by atoms with Crippen molar-refractivity contribution in [3.8, 4) is 5.82 Å². The Labute approximate surface area is 201 Å². The molecule has 2 aromatic rings. The van der Waals surface area contributed by atoms with Crippen LogP contribution in [0.1, 0.15) is 55.8 Å². The molecule has 1 aliphatic heterocycles. The van der Waals surface area contributed by atoms with Crippen molar-refractivity contribution in [2.45, 2.75) is 45.4 Å². The number of nitrogens with zero attached hydrogens (tertiary/aromatic N) is 5. The van der Waals surface area contributed by atoms with E-state index in [0.29, 0.717) is 24.0 Å². The van der Waals surface area contributed by atoms with Gasteiger partial charge in [-0.2, -0.15) is 9.67 Å². The number of methoxy groups -OCH3 is 1. The maximum absolute atomic E-state index is 13.1. The predicted octanol–water partition coefficient (Wildman–Crippen LogP) is 2.21. The van der Waals surface area contributed by atoms with Crippen molar-refractivity contribution in [3.05, 3.63) is 53.0 Å². The average Bonchev–Trinajstić information content (AvgIpc) is 3.38. The lowest BCUT2D eigenvalue weighted by molar-refractivity contribution is -0.192. The van der Waals surface area contributed by atoms with E-state index in [0.717, 1.165) is 0 Å². The van der Waals surface area contributed by atoms with Crippen LogP contribution in [0, 0.1) is 0 Å². The Morgan fingerprint density at radius 3 is 2.69 bits per heavy atom. The van der Waals surface area contributed by atoms with Crippen LogP contribution in [-0.2, 0) is 19.1 Å². The molecule has 2 aromatic heterocycles. The lowest BCUT2D eigenvalue weighted by Crippen LogP contribution is -2.35. The summed E-state index contributed by atoms with van der Waals surface area (Å²) in [5.41, 5.74) is 0.898. The minimum absolute atomic E-state index is 0.00516. The largest absolute Gasteiger partial charge is 0.478 e. The van der Waals surface area contributed by atoms with Gasteiger partial charge in [0.15, 0.2) is 17.4 Å². The summed E-state index contributed by atoms with van der Waals surface area (Å²) in [6.45, 7) is 5.19. The van der Waals surface area contributed by atoms with E-state index in [4.69, 9.17) is 9.47 Å². The number of rotatable bonds is 9. The second-order valence-corrected chi connectivity index (χ2v) is 8.47. The van der Waals surface area contributed by atoms with Gasteiger partial charge in [0.25, 0.3) is 11.8 Å². The minimum atomic E-state index is -1.12. The molecule has 4 rings (SSSR count). The zero-order valence-corrected chi connectivity index (χ0v) is 19.8. The molecule has 12 nitrogen and oxygen atoms in total. The second kappa shape index (κ2) is 9.39. The number of hydrogen-bond donors (Lipinski definition) is 2. The molecule has 1 atom stereocenters. The van der Waals surface area contributed by atoms with Crippen molar-refractivity contribution in [1.29, 1.82) is 0 Å². The maximum Gasteiger partial charge on any atom is 0.337 e. The number of allylic oxidation sites excluding steroid dienone is 1. The van der Waals surface area contributed by atoms with Crippen LogP contribution in [0.15, 0.2) is 41.6 Å². The predicted molar refractivity (Wildman–Crippen MR) is 122 cm³/mol. The zero-order valence-electron chi connectivity index (χ0n) is 19.8. The van der Waals surface area contributed by atoms with Crippen LogP contribution in [0.4, 0.5) is 5.95 Å². The summed E-state index contributed by atoms with van der Waals surface area (Å²) in [6, 6.07) is 2.08. The fraction of sp³-hybridized carbons (Fsp3) is 0.391. The molecule has 35 heavy (non-hydrogen) atoms. The van der Waals surface area contributed by atoms with Crippen molar-refractivity contribution < 1.29 is 29.0 Å². The number of carboxylic acids is 1. The molecular weight excluding hydrogens is 456 g/mol. The number of aromatic nitrogens is 4. The van der Waals surface area contributed by atoms with Crippen LogP contribution >= 0.6 is 0 Å². The van der Waals surface area contributed by atoms with Crippen molar-refractivity contribution >= 4 is 23.7 Å². The molecule has 184 valence electrons. The molecule has 2 aliphatic rings. The third kappa shape index (κ3) is 4.70. The Bertz CT molecular complexity index is 1230. The van der Waals surface area contributed by atoms with Crippen LogP contribution in [-0.4, -0.2) is 67.2 Å². The fourth-order valence-corrected chi connectivity index (χ4v) is 3.73. The van der Waals surface area contributed by atoms with E-state index >= 15 is 0 Å². The lowest BCUT2D eigenvalue weighted by atomic mass is 10.00. The number of pyridine rings is 1. The number of aromatic carboxylic acids is 1. The van der Waals surface area contributed by atoms with E-state index in [1.165, 1.54) is 35.0 Å². The number of nitrogens with one attached hydrogen (secondary N) is 1. The quantitative estimate of drug-likeness (QED) is 0.402. The van der Waals surface area contributed by atoms with Gasteiger partial charge in [0.2, 0.25) is 5.95 Å². The molecule has 0 bridgehead atoms. The highest BCUT2D eigenvalue weighted by atomic mass is 16.7. The molecular formula is C23H26N6O6. The van der Waals surface area contributed by atoms with Gasteiger partial charge in [0, 0.05) is 24.5 Å². The summed E-state index contributed by atoms with van der Waals surface area (Å²) >= 11 is 0. The maximum atomic E-state index is 13.1. The Balaban J connectivity index is 1.67. The molecule has 1 aliphatic carbocycles. The lowest BCUT2D eigenvalue weighted by Gasteiger charge is -2.23. The monoisotopic (exact) mass is 482 g/mol. The molecule has 3 heterocycles. The van der Waals surface area contributed by atoms with Gasteiger partial charge >= 0.3 is 5.97 Å². The van der Waals surface area contributed by atoms with E-state index in [1.807, 2.05) is 6.08 Å². The summed E-state index contributed by atoms with van der Waals surface area (Å²) in [7, 11) is 1.52. The number of hydrogen-bond acceptors (Lipinski definition) is 9. The SMILES string of the molecule is COC(C)(C)OCNc1nc(C(C)N2C(=O)C3=C(CCC=C3)C2=O)n(-c2ccc(C(=O)O)cn2)n1. The van der Waals surface area contributed by atoms with Gasteiger partial charge in [0.05, 0.1) is 11.6 Å². The first-order valence-corrected chi connectivity index (χ1v) is 11.0. The highest BCUT2D eigenvalue weighted by Crippen LogP contribution is 2.35. The normalized spacial score (nSPS) is 16.6. The first kappa shape index (κ1) is 24.2. The first-order chi connectivity index (χ1) is 16.6. The topological polar surface area (TPSA) is 149 Å². The number of imide groups is 1. The molecule has 0 radical (unpaired) electrons. The summed E-state index contributed by atoms with van der Waals surface area (Å²) in [5, 5.41) is 16.5. The standard InChI is InChI=1S/C23H26N6O6/c1-13(28-19(30)15-7-5-6-8-16(15)20(28)31)18-26-22(25-12-35-23(2,3)34-4)27-29(18)17-10-9-14(11-24-17)21(32)33/h5,7,9-11,13H,6,8,12H2,1-4H3,(H,25,27)(H,32,33). The van der Waals surface area contributed by atoms with Gasteiger partial charge < -0.3 is 19.9 Å². The molecule has 0 saturated carbocycles. The third-order valence-electron chi connectivity index (χ3n) is 5.84. The molecule has 0 saturated heterocycles. The van der Waals surface area contributed by atoms with Crippen LogP contribution in [0.25, 0.3) is 5.82 Å². The molecule has 2 amide bonds. The highest BCUT2D eigenvalue weighted by molar-refractivity contribution is 6.21. The third-order valence-corrected chi connectivity index (χ3v) is 5.84. The smallest absolute Gasteiger partial charge is 0.337 e. The van der Waals surface area contributed by atoms with E-state index in [9.17, 15) is 19.5 Å². The van der Waals surface area contributed by atoms with E-state index in [2.05, 4.69) is 20.4 Å². The molecule has 2 N–H and O–H groups in total. The van der Waals surface area contributed by atoms with Crippen LogP contribution in [0.2, 0.25) is 0 Å². The van der Waals surface area contributed by atoms with Crippen molar-refractivity contribution in [1.82, 2.24) is 24.6 Å². The van der Waals surface area contributed by atoms with E-state index in [1.54, 1.807) is 26.8 Å². The zero-order chi connectivity index (χ0) is 25.3. The van der Waals surface area contributed by atoms with Gasteiger partial charge in [-0.05, 0) is 45.7 Å². The summed E-state index contributed by atoms with van der Waals surface area (Å²) in [4.78, 5) is 47.2. The number of ether oxygens (including phenoxy) is 2. The van der Waals surface area contributed by atoms with Gasteiger partial charge in [-0.15, -0.1) is 5.10 Å². The number of amides is 2. The van der Waals surface area contributed by atoms with Crippen LogP contribution in [0.5, 0.6) is 0 Å². The average molecular weight is 482 g/mol. The number of carboxylic acid groups (broad SMARTS) is 1. The molecule has 0 spiro atoms. The van der Waals surface area contributed by atoms with Crippen LogP contribution < -0.4 is 5.32 Å². The van der Waals surface area contributed by atoms with Gasteiger partial charge in [-0.25, -0.2) is 9.78 Å². The Hall–Kier alpha value is -3.90. The Kier molecular flexibility index (Phi) is 6.50. The van der Waals surface area contributed by atoms with Gasteiger partial charge in [-0.1, -0.05) is 12.2 Å². The minimum Gasteiger partial charge on any atom is -0.478 e. The second-order valence-electron chi connectivity index (χ2n) is 8.47. The molecule has 0 aromatic carbocycles. The van der Waals surface area contributed by atoms with Crippen molar-refractivity contribution in [2.24, 2.45) is 0 Å². The molecule has 12 heteroatoms. The van der Waals surface area contributed by atoms with Crippen molar-refractivity contribution in [3.63, 3.8) is 0 Å². The summed E-state index contributed by atoms with van der Waals surface area (Å²) in [6.07, 6.45) is 5.96.